The van der Waals surface area contributed by atoms with Crippen molar-refractivity contribution >= 4 is 15.7 Å². The molecule has 0 bridgehead atoms. The zero-order valence-corrected chi connectivity index (χ0v) is 11.0. The van der Waals surface area contributed by atoms with E-state index in [1.54, 1.807) is 26.8 Å². The molecule has 1 aromatic carbocycles. The lowest BCUT2D eigenvalue weighted by Crippen LogP contribution is -2.35. The van der Waals surface area contributed by atoms with E-state index in [1.165, 1.54) is 6.07 Å². The largest absolute Gasteiger partial charge is 0.399 e. The molecule has 0 aliphatic heterocycles. The second kappa shape index (κ2) is 5.03. The van der Waals surface area contributed by atoms with Gasteiger partial charge in [-0.1, -0.05) is 0 Å². The number of aliphatic hydroxyl groups is 1. The fourth-order valence-electron chi connectivity index (χ4n) is 1.50. The van der Waals surface area contributed by atoms with Crippen LogP contribution in [0.5, 0.6) is 0 Å². The summed E-state index contributed by atoms with van der Waals surface area (Å²) >= 11 is 0. The van der Waals surface area contributed by atoms with E-state index in [2.05, 4.69) is 4.72 Å². The van der Waals surface area contributed by atoms with E-state index in [0.717, 1.165) is 5.56 Å². The molecule has 0 amide bonds. The first-order chi connectivity index (χ1) is 7.77. The summed E-state index contributed by atoms with van der Waals surface area (Å²) in [6, 6.07) is 2.62. The molecule has 0 saturated heterocycles. The van der Waals surface area contributed by atoms with Crippen molar-refractivity contribution in [2.45, 2.75) is 31.7 Å². The second-order valence-corrected chi connectivity index (χ2v) is 5.85. The molecule has 1 rings (SSSR count). The van der Waals surface area contributed by atoms with Gasteiger partial charge in [0.25, 0.3) is 0 Å². The summed E-state index contributed by atoms with van der Waals surface area (Å²) < 4.78 is 26.5. The number of hydrogen-bond acceptors (Lipinski definition) is 4. The Hall–Kier alpha value is -1.11. The SMILES string of the molecule is Cc1cc(N)cc(S(=O)(=O)NC(C)CO)c1C. The Morgan fingerprint density at radius 3 is 2.53 bits per heavy atom. The quantitative estimate of drug-likeness (QED) is 0.687. The molecule has 0 spiro atoms. The van der Waals surface area contributed by atoms with Crippen LogP contribution in [0, 0.1) is 13.8 Å². The average Bonchev–Trinajstić information content (AvgIpc) is 2.22. The van der Waals surface area contributed by atoms with E-state index in [9.17, 15) is 8.42 Å². The van der Waals surface area contributed by atoms with Crippen molar-refractivity contribution in [3.8, 4) is 0 Å². The first-order valence-electron chi connectivity index (χ1n) is 5.28. The number of rotatable bonds is 4. The number of hydrogen-bond donors (Lipinski definition) is 3. The first-order valence-corrected chi connectivity index (χ1v) is 6.76. The highest BCUT2D eigenvalue weighted by Gasteiger charge is 2.20. The van der Waals surface area contributed by atoms with Crippen molar-refractivity contribution in [1.29, 1.82) is 0 Å². The van der Waals surface area contributed by atoms with Gasteiger partial charge in [0.15, 0.2) is 0 Å². The molecular weight excluding hydrogens is 240 g/mol. The molecule has 0 fully saturated rings. The van der Waals surface area contributed by atoms with Crippen LogP contribution in [0.3, 0.4) is 0 Å². The molecule has 1 unspecified atom stereocenters. The van der Waals surface area contributed by atoms with E-state index in [4.69, 9.17) is 10.8 Å². The van der Waals surface area contributed by atoms with Gasteiger partial charge in [0.2, 0.25) is 10.0 Å². The number of anilines is 1. The summed E-state index contributed by atoms with van der Waals surface area (Å²) in [6.45, 7) is 4.87. The van der Waals surface area contributed by atoms with Gasteiger partial charge < -0.3 is 10.8 Å². The van der Waals surface area contributed by atoms with Gasteiger partial charge in [-0.2, -0.15) is 0 Å². The van der Waals surface area contributed by atoms with Crippen LogP contribution in [-0.2, 0) is 10.0 Å². The Balaban J connectivity index is 3.24. The van der Waals surface area contributed by atoms with Crippen LogP contribution < -0.4 is 10.5 Å². The lowest BCUT2D eigenvalue weighted by atomic mass is 10.1. The average molecular weight is 258 g/mol. The van der Waals surface area contributed by atoms with Crippen LogP contribution >= 0.6 is 0 Å². The molecule has 4 N–H and O–H groups in total. The van der Waals surface area contributed by atoms with Crippen LogP contribution in [0.2, 0.25) is 0 Å². The number of aryl methyl sites for hydroxylation is 1. The maximum absolute atomic E-state index is 12.0. The monoisotopic (exact) mass is 258 g/mol. The minimum Gasteiger partial charge on any atom is -0.399 e. The second-order valence-electron chi connectivity index (χ2n) is 4.17. The van der Waals surface area contributed by atoms with Crippen molar-refractivity contribution in [1.82, 2.24) is 4.72 Å². The highest BCUT2D eigenvalue weighted by Crippen LogP contribution is 2.22. The van der Waals surface area contributed by atoms with Crippen molar-refractivity contribution in [3.05, 3.63) is 23.3 Å². The Bertz CT molecular complexity index is 512. The summed E-state index contributed by atoms with van der Waals surface area (Å²) in [4.78, 5) is 0.162. The zero-order valence-electron chi connectivity index (χ0n) is 10.2. The fourth-order valence-corrected chi connectivity index (χ4v) is 3.09. The van der Waals surface area contributed by atoms with Crippen molar-refractivity contribution in [2.75, 3.05) is 12.3 Å². The smallest absolute Gasteiger partial charge is 0.241 e. The van der Waals surface area contributed by atoms with Gasteiger partial charge in [-0.05, 0) is 44.0 Å². The molecule has 96 valence electrons. The molecule has 1 atom stereocenters. The maximum atomic E-state index is 12.0. The van der Waals surface area contributed by atoms with Crippen molar-refractivity contribution < 1.29 is 13.5 Å². The Labute approximate surface area is 102 Å². The summed E-state index contributed by atoms with van der Waals surface area (Å²) in [5.41, 5.74) is 7.54. The van der Waals surface area contributed by atoms with Crippen molar-refractivity contribution in [3.63, 3.8) is 0 Å². The lowest BCUT2D eigenvalue weighted by Gasteiger charge is -2.15. The summed E-state index contributed by atoms with van der Waals surface area (Å²) in [5, 5.41) is 8.87. The van der Waals surface area contributed by atoms with Gasteiger partial charge in [0.1, 0.15) is 0 Å². The fraction of sp³-hybridized carbons (Fsp3) is 0.455. The normalized spacial score (nSPS) is 13.6. The molecule has 6 heteroatoms. The third-order valence-electron chi connectivity index (χ3n) is 2.56. The van der Waals surface area contributed by atoms with E-state index >= 15 is 0 Å². The van der Waals surface area contributed by atoms with Gasteiger partial charge >= 0.3 is 0 Å². The Morgan fingerprint density at radius 1 is 1.41 bits per heavy atom. The number of aliphatic hydroxyl groups excluding tert-OH is 1. The van der Waals surface area contributed by atoms with Crippen LogP contribution in [0.15, 0.2) is 17.0 Å². The topological polar surface area (TPSA) is 92.4 Å². The lowest BCUT2D eigenvalue weighted by molar-refractivity contribution is 0.265. The van der Waals surface area contributed by atoms with Gasteiger partial charge in [-0.3, -0.25) is 0 Å². The zero-order chi connectivity index (χ0) is 13.2. The number of sulfonamides is 1. The van der Waals surface area contributed by atoms with Gasteiger partial charge in [-0.25, -0.2) is 13.1 Å². The molecular formula is C11H18N2O3S. The third kappa shape index (κ3) is 3.18. The predicted octanol–water partition coefficient (Wildman–Crippen LogP) is 0.545. The minimum absolute atomic E-state index is 0.162. The predicted molar refractivity (Wildman–Crippen MR) is 67.2 cm³/mol. The van der Waals surface area contributed by atoms with Crippen molar-refractivity contribution in [2.24, 2.45) is 0 Å². The molecule has 0 aliphatic carbocycles. The Morgan fingerprint density at radius 2 is 2.00 bits per heavy atom. The van der Waals surface area contributed by atoms with E-state index in [-0.39, 0.29) is 11.5 Å². The Kier molecular flexibility index (Phi) is 4.13. The van der Waals surface area contributed by atoms with Crippen LogP contribution in [0.25, 0.3) is 0 Å². The number of benzene rings is 1. The van der Waals surface area contributed by atoms with Crippen LogP contribution in [0.1, 0.15) is 18.1 Å². The minimum atomic E-state index is -3.64. The van der Waals surface area contributed by atoms with E-state index in [0.29, 0.717) is 11.3 Å². The molecule has 0 radical (unpaired) electrons. The molecule has 0 heterocycles. The highest BCUT2D eigenvalue weighted by molar-refractivity contribution is 7.89. The molecule has 1 aromatic rings. The van der Waals surface area contributed by atoms with Crippen LogP contribution in [-0.4, -0.2) is 26.2 Å². The first kappa shape index (κ1) is 14.0. The van der Waals surface area contributed by atoms with E-state index < -0.39 is 16.1 Å². The van der Waals surface area contributed by atoms with Gasteiger partial charge in [0.05, 0.1) is 11.5 Å². The highest BCUT2D eigenvalue weighted by atomic mass is 32.2. The molecule has 0 aliphatic rings. The van der Waals surface area contributed by atoms with Crippen LogP contribution in [0.4, 0.5) is 5.69 Å². The van der Waals surface area contributed by atoms with Gasteiger partial charge in [0, 0.05) is 11.7 Å². The van der Waals surface area contributed by atoms with Gasteiger partial charge in [-0.15, -0.1) is 0 Å². The summed E-state index contributed by atoms with van der Waals surface area (Å²) in [6.07, 6.45) is 0. The molecule has 0 saturated carbocycles. The third-order valence-corrected chi connectivity index (χ3v) is 4.28. The number of nitrogens with two attached hydrogens (primary N) is 1. The molecule has 0 aromatic heterocycles. The maximum Gasteiger partial charge on any atom is 0.241 e. The number of nitrogen functional groups attached to an aromatic ring is 1. The number of nitrogens with one attached hydrogen (secondary N) is 1. The van der Waals surface area contributed by atoms with E-state index in [1.807, 2.05) is 0 Å². The molecule has 17 heavy (non-hydrogen) atoms. The summed E-state index contributed by atoms with van der Waals surface area (Å²) in [5.74, 6) is 0. The summed E-state index contributed by atoms with van der Waals surface area (Å²) in [7, 11) is -3.64. The molecule has 5 nitrogen and oxygen atoms in total. The standard InChI is InChI=1S/C11H18N2O3S/c1-7-4-10(12)5-11(9(7)3)17(15,16)13-8(2)6-14/h4-5,8,13-14H,6,12H2,1-3H3.